The number of piperidine rings is 1. The first kappa shape index (κ1) is 16.8. The van der Waals surface area contributed by atoms with E-state index in [1.807, 2.05) is 43.0 Å². The Bertz CT molecular complexity index is 511. The number of rotatable bonds is 5. The minimum absolute atomic E-state index is 0.121. The fourth-order valence-corrected chi connectivity index (χ4v) is 3.35. The Kier molecular flexibility index (Phi) is 5.46. The second kappa shape index (κ2) is 7.14. The summed E-state index contributed by atoms with van der Waals surface area (Å²) in [5.74, 6) is 0.867. The molecular weight excluding hydrogens is 278 g/mol. The number of ether oxygens (including phenoxy) is 1. The molecule has 1 aromatic rings. The predicted molar refractivity (Wildman–Crippen MR) is 87.1 cm³/mol. The van der Waals surface area contributed by atoms with Gasteiger partial charge in [-0.2, -0.15) is 0 Å². The van der Waals surface area contributed by atoms with Crippen LogP contribution >= 0.6 is 0 Å². The molecule has 1 amide bonds. The lowest BCUT2D eigenvalue weighted by molar-refractivity contribution is -0.140. The number of likely N-dealkylation sites (tertiary alicyclic amines) is 1. The molecule has 1 atom stereocenters. The van der Waals surface area contributed by atoms with Crippen molar-refractivity contribution in [1.29, 1.82) is 0 Å². The van der Waals surface area contributed by atoms with Crippen molar-refractivity contribution in [3.63, 3.8) is 0 Å². The van der Waals surface area contributed by atoms with Crippen molar-refractivity contribution in [3.8, 4) is 5.75 Å². The zero-order valence-electron chi connectivity index (χ0n) is 13.8. The molecule has 0 aliphatic carbocycles. The van der Waals surface area contributed by atoms with E-state index in [0.29, 0.717) is 6.42 Å². The number of aliphatic hydroxyl groups excluding tert-OH is 1. The summed E-state index contributed by atoms with van der Waals surface area (Å²) in [6.07, 6.45) is 3.81. The molecule has 0 bridgehead atoms. The number of hydrogen-bond acceptors (Lipinski definition) is 3. The first-order chi connectivity index (χ1) is 10.5. The van der Waals surface area contributed by atoms with E-state index in [1.165, 1.54) is 0 Å². The number of benzene rings is 1. The summed E-state index contributed by atoms with van der Waals surface area (Å²) < 4.78 is 5.43. The molecule has 0 radical (unpaired) electrons. The number of nitrogens with zero attached hydrogens (tertiary/aromatic N) is 1. The molecule has 1 fully saturated rings. The number of hydrogen-bond donors (Lipinski definition) is 1. The van der Waals surface area contributed by atoms with Crippen molar-refractivity contribution >= 4 is 5.91 Å². The third-order valence-corrected chi connectivity index (χ3v) is 4.67. The molecule has 1 saturated heterocycles. The molecule has 4 heteroatoms. The first-order valence-corrected chi connectivity index (χ1v) is 8.07. The molecule has 1 N–H and O–H groups in total. The van der Waals surface area contributed by atoms with E-state index in [4.69, 9.17) is 4.74 Å². The smallest absolute Gasteiger partial charge is 0.233 e. The number of methoxy groups -OCH3 is 1. The third kappa shape index (κ3) is 3.27. The highest BCUT2D eigenvalue weighted by atomic mass is 16.5. The molecule has 4 nitrogen and oxygen atoms in total. The molecule has 122 valence electrons. The van der Waals surface area contributed by atoms with Crippen LogP contribution in [0.2, 0.25) is 0 Å². The minimum Gasteiger partial charge on any atom is -0.496 e. The summed E-state index contributed by atoms with van der Waals surface area (Å²) in [5, 5.41) is 9.26. The van der Waals surface area contributed by atoms with Gasteiger partial charge in [0.1, 0.15) is 5.75 Å². The van der Waals surface area contributed by atoms with E-state index in [0.717, 1.165) is 37.1 Å². The van der Waals surface area contributed by atoms with Gasteiger partial charge in [-0.3, -0.25) is 4.79 Å². The maximum atomic E-state index is 13.2. The molecule has 0 aromatic heterocycles. The standard InChI is InChI=1S/C18H27NO3/c1-18(2,15-9-4-5-10-16(15)22-3)17(21)19-12-7-6-8-14(19)11-13-20/h4-5,9-10,14,20H,6-8,11-13H2,1-3H3. The highest BCUT2D eigenvalue weighted by Gasteiger charge is 2.39. The van der Waals surface area contributed by atoms with Crippen LogP contribution in [0.5, 0.6) is 5.75 Å². The summed E-state index contributed by atoms with van der Waals surface area (Å²) in [5.41, 5.74) is 0.272. The molecular formula is C18H27NO3. The van der Waals surface area contributed by atoms with Crippen LogP contribution in [0.3, 0.4) is 0 Å². The van der Waals surface area contributed by atoms with Crippen LogP contribution in [-0.2, 0) is 10.2 Å². The van der Waals surface area contributed by atoms with Gasteiger partial charge in [-0.25, -0.2) is 0 Å². The molecule has 22 heavy (non-hydrogen) atoms. The molecule has 0 spiro atoms. The highest BCUT2D eigenvalue weighted by molar-refractivity contribution is 5.88. The lowest BCUT2D eigenvalue weighted by Crippen LogP contribution is -2.51. The molecule has 1 aromatic carbocycles. The van der Waals surface area contributed by atoms with Crippen molar-refractivity contribution in [2.45, 2.75) is 51.0 Å². The van der Waals surface area contributed by atoms with Crippen LogP contribution in [0.1, 0.15) is 45.1 Å². The van der Waals surface area contributed by atoms with Gasteiger partial charge in [-0.05, 0) is 45.6 Å². The SMILES string of the molecule is COc1ccccc1C(C)(C)C(=O)N1CCCCC1CCO. The van der Waals surface area contributed by atoms with E-state index in [2.05, 4.69) is 0 Å². The molecule has 1 aliphatic rings. The Morgan fingerprint density at radius 1 is 1.36 bits per heavy atom. The summed E-state index contributed by atoms with van der Waals surface area (Å²) in [6, 6.07) is 7.86. The Hall–Kier alpha value is -1.55. The van der Waals surface area contributed by atoms with Gasteiger partial charge in [0.25, 0.3) is 0 Å². The second-order valence-electron chi connectivity index (χ2n) is 6.49. The monoisotopic (exact) mass is 305 g/mol. The van der Waals surface area contributed by atoms with Gasteiger partial charge < -0.3 is 14.7 Å². The van der Waals surface area contributed by atoms with Crippen LogP contribution in [0.4, 0.5) is 0 Å². The summed E-state index contributed by atoms with van der Waals surface area (Å²) in [6.45, 7) is 4.82. The molecule has 1 aliphatic heterocycles. The van der Waals surface area contributed by atoms with Crippen molar-refractivity contribution in [2.75, 3.05) is 20.3 Å². The van der Waals surface area contributed by atoms with Crippen molar-refractivity contribution in [3.05, 3.63) is 29.8 Å². The normalized spacial score (nSPS) is 19.1. The lowest BCUT2D eigenvalue weighted by atomic mass is 9.81. The maximum absolute atomic E-state index is 13.2. The van der Waals surface area contributed by atoms with Crippen LogP contribution in [0, 0.1) is 0 Å². The fourth-order valence-electron chi connectivity index (χ4n) is 3.35. The van der Waals surface area contributed by atoms with Gasteiger partial charge in [0.15, 0.2) is 0 Å². The van der Waals surface area contributed by atoms with Gasteiger partial charge >= 0.3 is 0 Å². The highest BCUT2D eigenvalue weighted by Crippen LogP contribution is 2.35. The largest absolute Gasteiger partial charge is 0.496 e. The van der Waals surface area contributed by atoms with Gasteiger partial charge in [0.2, 0.25) is 5.91 Å². The number of carbonyl (C=O) groups excluding carboxylic acids is 1. The van der Waals surface area contributed by atoms with Crippen LogP contribution in [0.15, 0.2) is 24.3 Å². The van der Waals surface area contributed by atoms with Gasteiger partial charge in [-0.15, -0.1) is 0 Å². The summed E-state index contributed by atoms with van der Waals surface area (Å²) >= 11 is 0. The Labute approximate surface area is 133 Å². The van der Waals surface area contributed by atoms with E-state index in [1.54, 1.807) is 7.11 Å². The van der Waals surface area contributed by atoms with Crippen LogP contribution in [0.25, 0.3) is 0 Å². The maximum Gasteiger partial charge on any atom is 0.233 e. The Morgan fingerprint density at radius 3 is 2.77 bits per heavy atom. The first-order valence-electron chi connectivity index (χ1n) is 8.07. The Morgan fingerprint density at radius 2 is 2.09 bits per heavy atom. The second-order valence-corrected chi connectivity index (χ2v) is 6.49. The number of carbonyl (C=O) groups is 1. The summed E-state index contributed by atoms with van der Waals surface area (Å²) in [4.78, 5) is 15.1. The van der Waals surface area contributed by atoms with Crippen LogP contribution < -0.4 is 4.74 Å². The van der Waals surface area contributed by atoms with Crippen molar-refractivity contribution < 1.29 is 14.6 Å². The van der Waals surface area contributed by atoms with E-state index < -0.39 is 5.41 Å². The average Bonchev–Trinajstić information content (AvgIpc) is 2.55. The zero-order chi connectivity index (χ0) is 16.2. The van der Waals surface area contributed by atoms with Crippen molar-refractivity contribution in [2.24, 2.45) is 0 Å². The van der Waals surface area contributed by atoms with E-state index in [9.17, 15) is 9.90 Å². The quantitative estimate of drug-likeness (QED) is 0.910. The molecule has 0 saturated carbocycles. The summed E-state index contributed by atoms with van der Waals surface area (Å²) in [7, 11) is 1.63. The minimum atomic E-state index is -0.641. The zero-order valence-corrected chi connectivity index (χ0v) is 13.8. The number of para-hydroxylation sites is 1. The van der Waals surface area contributed by atoms with Crippen LogP contribution in [-0.4, -0.2) is 42.2 Å². The molecule has 1 unspecified atom stereocenters. The number of aliphatic hydroxyl groups is 1. The third-order valence-electron chi connectivity index (χ3n) is 4.67. The number of amides is 1. The van der Waals surface area contributed by atoms with Gasteiger partial charge in [-0.1, -0.05) is 18.2 Å². The van der Waals surface area contributed by atoms with E-state index in [-0.39, 0.29) is 18.6 Å². The topological polar surface area (TPSA) is 49.8 Å². The van der Waals surface area contributed by atoms with Gasteiger partial charge in [0, 0.05) is 24.8 Å². The van der Waals surface area contributed by atoms with E-state index >= 15 is 0 Å². The Balaban J connectivity index is 2.29. The average molecular weight is 305 g/mol. The molecule has 1 heterocycles. The fraction of sp³-hybridized carbons (Fsp3) is 0.611. The van der Waals surface area contributed by atoms with Crippen molar-refractivity contribution in [1.82, 2.24) is 4.90 Å². The lowest BCUT2D eigenvalue weighted by Gasteiger charge is -2.40. The molecule has 2 rings (SSSR count). The predicted octanol–water partition coefficient (Wildman–Crippen LogP) is 2.74. The van der Waals surface area contributed by atoms with Gasteiger partial charge in [0.05, 0.1) is 12.5 Å².